The van der Waals surface area contributed by atoms with E-state index < -0.39 is 6.10 Å². The average Bonchev–Trinajstić information content (AvgIpc) is 3.40. The van der Waals surface area contributed by atoms with Gasteiger partial charge in [0.15, 0.2) is 6.10 Å². The minimum Gasteiger partial charge on any atom is -0.462 e. The summed E-state index contributed by atoms with van der Waals surface area (Å²) in [4.78, 5) is 25.7. The Labute approximate surface area is 461 Å². The summed E-state index contributed by atoms with van der Waals surface area (Å²) in [6.07, 6.45) is 85.0. The molecular weight excluding hydrogens is 909 g/mol. The summed E-state index contributed by atoms with van der Waals surface area (Å²) in [5.41, 5.74) is 0. The zero-order valence-electron chi connectivity index (χ0n) is 49.6. The zero-order valence-corrected chi connectivity index (χ0v) is 49.6. The SMILES string of the molecule is CCCCC/C=C\C/C=C\CCCCCCCCCCCCOCC(COC(=O)CCCCCCCCCCC/C=C\C/C=C\CCCCC)OC(=O)CCCCCCCCCCC/C=C\C/C=C\CCCCC. The van der Waals surface area contributed by atoms with Crippen LogP contribution in [0.15, 0.2) is 72.9 Å². The van der Waals surface area contributed by atoms with Crippen molar-refractivity contribution >= 4 is 11.9 Å². The van der Waals surface area contributed by atoms with Crippen LogP contribution in [0.2, 0.25) is 0 Å². The largest absolute Gasteiger partial charge is 0.462 e. The summed E-state index contributed by atoms with van der Waals surface area (Å²) in [5, 5.41) is 0. The first kappa shape index (κ1) is 71.3. The van der Waals surface area contributed by atoms with Gasteiger partial charge in [0.2, 0.25) is 0 Å². The highest BCUT2D eigenvalue weighted by atomic mass is 16.6. The number of allylic oxidation sites excluding steroid dienone is 12. The van der Waals surface area contributed by atoms with Crippen molar-refractivity contribution in [3.05, 3.63) is 72.9 Å². The van der Waals surface area contributed by atoms with Gasteiger partial charge in [-0.15, -0.1) is 0 Å². The Morgan fingerprint density at radius 1 is 0.297 bits per heavy atom. The highest BCUT2D eigenvalue weighted by Crippen LogP contribution is 2.16. The number of esters is 2. The summed E-state index contributed by atoms with van der Waals surface area (Å²) in [5.74, 6) is -0.395. The predicted molar refractivity (Wildman–Crippen MR) is 325 cm³/mol. The van der Waals surface area contributed by atoms with Gasteiger partial charge in [0.05, 0.1) is 6.61 Å². The molecule has 0 amide bonds. The van der Waals surface area contributed by atoms with Crippen LogP contribution in [0.4, 0.5) is 0 Å². The number of ether oxygens (including phenoxy) is 3. The summed E-state index contributed by atoms with van der Waals surface area (Å²) in [6, 6.07) is 0. The van der Waals surface area contributed by atoms with Gasteiger partial charge in [-0.05, 0) is 116 Å². The van der Waals surface area contributed by atoms with E-state index in [9.17, 15) is 9.59 Å². The molecule has 0 aliphatic carbocycles. The normalized spacial score (nSPS) is 12.6. The van der Waals surface area contributed by atoms with Crippen molar-refractivity contribution in [1.82, 2.24) is 0 Å². The lowest BCUT2D eigenvalue weighted by Gasteiger charge is -2.18. The number of carbonyl (C=O) groups is 2. The van der Waals surface area contributed by atoms with Crippen LogP contribution in [0, 0.1) is 0 Å². The summed E-state index contributed by atoms with van der Waals surface area (Å²) >= 11 is 0. The van der Waals surface area contributed by atoms with Crippen LogP contribution >= 0.6 is 0 Å². The molecule has 0 N–H and O–H groups in total. The molecule has 0 aromatic heterocycles. The van der Waals surface area contributed by atoms with Crippen molar-refractivity contribution in [3.8, 4) is 0 Å². The Morgan fingerprint density at radius 3 is 0.892 bits per heavy atom. The van der Waals surface area contributed by atoms with Gasteiger partial charge >= 0.3 is 11.9 Å². The van der Waals surface area contributed by atoms with Gasteiger partial charge in [0.25, 0.3) is 0 Å². The van der Waals surface area contributed by atoms with Crippen LogP contribution in [0.5, 0.6) is 0 Å². The van der Waals surface area contributed by atoms with Crippen molar-refractivity contribution in [2.75, 3.05) is 19.8 Å². The molecule has 0 saturated heterocycles. The van der Waals surface area contributed by atoms with Gasteiger partial charge in [-0.25, -0.2) is 0 Å². The van der Waals surface area contributed by atoms with Crippen molar-refractivity contribution in [2.45, 2.75) is 335 Å². The van der Waals surface area contributed by atoms with Gasteiger partial charge in [0.1, 0.15) is 6.61 Å². The van der Waals surface area contributed by atoms with Gasteiger partial charge in [0, 0.05) is 19.4 Å². The first-order valence-corrected chi connectivity index (χ1v) is 32.5. The fourth-order valence-corrected chi connectivity index (χ4v) is 9.31. The molecule has 0 spiro atoms. The fraction of sp³-hybridized carbons (Fsp3) is 0.797. The molecule has 5 nitrogen and oxygen atoms in total. The van der Waals surface area contributed by atoms with Crippen LogP contribution < -0.4 is 0 Å². The minimum atomic E-state index is -0.546. The van der Waals surface area contributed by atoms with Gasteiger partial charge in [-0.3, -0.25) is 9.59 Å². The van der Waals surface area contributed by atoms with Crippen LogP contribution in [0.3, 0.4) is 0 Å². The number of unbranched alkanes of at least 4 members (excludes halogenated alkanes) is 37. The van der Waals surface area contributed by atoms with Crippen molar-refractivity contribution in [3.63, 3.8) is 0 Å². The summed E-state index contributed by atoms with van der Waals surface area (Å²) in [6.45, 7) is 7.79. The lowest BCUT2D eigenvalue weighted by Crippen LogP contribution is -2.30. The zero-order chi connectivity index (χ0) is 53.4. The molecule has 0 aliphatic rings. The van der Waals surface area contributed by atoms with Gasteiger partial charge in [-0.1, -0.05) is 273 Å². The van der Waals surface area contributed by atoms with Crippen LogP contribution in [-0.2, 0) is 23.8 Å². The molecule has 1 atom stereocenters. The van der Waals surface area contributed by atoms with E-state index in [4.69, 9.17) is 14.2 Å². The monoisotopic (exact) mass is 1030 g/mol. The van der Waals surface area contributed by atoms with E-state index in [-0.39, 0.29) is 25.2 Å². The molecule has 430 valence electrons. The van der Waals surface area contributed by atoms with E-state index in [0.717, 1.165) is 64.2 Å². The highest BCUT2D eigenvalue weighted by Gasteiger charge is 2.18. The number of carbonyl (C=O) groups excluding carboxylic acids is 2. The molecule has 0 aliphatic heterocycles. The maximum atomic E-state index is 12.9. The van der Waals surface area contributed by atoms with Crippen molar-refractivity contribution < 1.29 is 23.8 Å². The standard InChI is InChI=1S/C69H124O5/c1-4-7-10-13-16-19-22-25-28-31-34-37-40-43-46-49-52-55-58-61-64-72-65-67(74-69(71)63-60-57-54-51-48-45-42-39-36-33-30-27-24-21-18-15-12-9-6-3)66-73-68(70)62-59-56-53-50-47-44-41-38-35-32-29-26-23-20-17-14-11-8-5-2/h16-21,25-30,67H,4-15,22-24,31-66H2,1-3H3/b19-16-,20-17-,21-18-,28-25-,29-26-,30-27-. The van der Waals surface area contributed by atoms with Gasteiger partial charge < -0.3 is 14.2 Å². The predicted octanol–water partition coefficient (Wildman–Crippen LogP) is 22.6. The van der Waals surface area contributed by atoms with E-state index in [1.54, 1.807) is 0 Å². The smallest absolute Gasteiger partial charge is 0.306 e. The van der Waals surface area contributed by atoms with Crippen LogP contribution in [0.1, 0.15) is 329 Å². The second-order valence-electron chi connectivity index (χ2n) is 21.7. The Hall–Kier alpha value is -2.66. The average molecular weight is 1030 g/mol. The van der Waals surface area contributed by atoms with E-state index in [1.807, 2.05) is 0 Å². The third-order valence-electron chi connectivity index (χ3n) is 14.2. The molecule has 0 saturated carbocycles. The summed E-state index contributed by atoms with van der Waals surface area (Å²) < 4.78 is 17.6. The lowest BCUT2D eigenvalue weighted by atomic mass is 10.1. The van der Waals surface area contributed by atoms with E-state index in [2.05, 4.69) is 93.7 Å². The van der Waals surface area contributed by atoms with Crippen LogP contribution in [-0.4, -0.2) is 37.9 Å². The van der Waals surface area contributed by atoms with Crippen LogP contribution in [0.25, 0.3) is 0 Å². The number of hydrogen-bond donors (Lipinski definition) is 0. The molecular formula is C69H124O5. The van der Waals surface area contributed by atoms with E-state index >= 15 is 0 Å². The first-order valence-electron chi connectivity index (χ1n) is 32.5. The fourth-order valence-electron chi connectivity index (χ4n) is 9.31. The third-order valence-corrected chi connectivity index (χ3v) is 14.2. The Kier molecular flexibility index (Phi) is 62.3. The molecule has 0 fully saturated rings. The molecule has 5 heteroatoms. The van der Waals surface area contributed by atoms with E-state index in [1.165, 1.54) is 231 Å². The van der Waals surface area contributed by atoms with Crippen molar-refractivity contribution in [2.24, 2.45) is 0 Å². The molecule has 0 rings (SSSR count). The molecule has 0 heterocycles. The van der Waals surface area contributed by atoms with Crippen molar-refractivity contribution in [1.29, 1.82) is 0 Å². The second kappa shape index (κ2) is 64.6. The lowest BCUT2D eigenvalue weighted by molar-refractivity contribution is -0.163. The second-order valence-corrected chi connectivity index (χ2v) is 21.7. The number of rotatable bonds is 60. The van der Waals surface area contributed by atoms with E-state index in [0.29, 0.717) is 19.4 Å². The molecule has 0 aromatic rings. The third kappa shape index (κ3) is 61.9. The number of hydrogen-bond acceptors (Lipinski definition) is 5. The maximum Gasteiger partial charge on any atom is 0.306 e. The summed E-state index contributed by atoms with van der Waals surface area (Å²) in [7, 11) is 0. The highest BCUT2D eigenvalue weighted by molar-refractivity contribution is 5.70. The molecule has 0 aromatic carbocycles. The molecule has 1 unspecified atom stereocenters. The minimum absolute atomic E-state index is 0.0803. The topological polar surface area (TPSA) is 61.8 Å². The Morgan fingerprint density at radius 2 is 0.568 bits per heavy atom. The molecule has 0 bridgehead atoms. The quantitative estimate of drug-likeness (QED) is 0.0345. The molecule has 0 radical (unpaired) electrons. The first-order chi connectivity index (χ1) is 36.6. The van der Waals surface area contributed by atoms with Gasteiger partial charge in [-0.2, -0.15) is 0 Å². The maximum absolute atomic E-state index is 12.9. The Bertz CT molecular complexity index is 1310. The Balaban J connectivity index is 4.28. The molecule has 74 heavy (non-hydrogen) atoms.